The molecule has 1 aromatic rings. The molecule has 1 heterocycles. The molecule has 0 saturated heterocycles. The summed E-state index contributed by atoms with van der Waals surface area (Å²) >= 11 is 13.8. The average molecular weight is 250 g/mol. The molecule has 0 unspecified atom stereocenters. The van der Waals surface area contributed by atoms with E-state index in [0.29, 0.717) is 0 Å². The molecule has 6 heteroatoms. The molecule has 1 rings (SSSR count). The Bertz CT molecular complexity index is 171. The molecule has 0 aliphatic rings. The second-order valence-electron chi connectivity index (χ2n) is 1.28. The highest BCUT2D eigenvalue weighted by molar-refractivity contribution is 8.24. The highest BCUT2D eigenvalue weighted by Crippen LogP contribution is 2.61. The second kappa shape index (κ2) is 9.47. The van der Waals surface area contributed by atoms with Gasteiger partial charge < -0.3 is 4.98 Å². The third-order valence-electron chi connectivity index (χ3n) is 0.496. The Kier molecular flexibility index (Phi) is 11.7. The van der Waals surface area contributed by atoms with Crippen LogP contribution in [0.15, 0.2) is 24.5 Å². The van der Waals surface area contributed by atoms with Gasteiger partial charge in [0.05, 0.1) is 0 Å². The molecular weight excluding hydrogens is 239 g/mol. The van der Waals surface area contributed by atoms with Crippen molar-refractivity contribution in [3.8, 4) is 0 Å². The van der Waals surface area contributed by atoms with Crippen molar-refractivity contribution in [3.63, 3.8) is 0 Å². The summed E-state index contributed by atoms with van der Waals surface area (Å²) in [7, 11) is 0. The average Bonchev–Trinajstić information content (AvgIpc) is 2.41. The predicted molar refractivity (Wildman–Crippen MR) is 57.3 cm³/mol. The molecule has 12 heavy (non-hydrogen) atoms. The number of aromatic nitrogens is 1. The van der Waals surface area contributed by atoms with E-state index in [1.807, 2.05) is 38.4 Å². The summed E-state index contributed by atoms with van der Waals surface area (Å²) in [5.41, 5.74) is 0. The Morgan fingerprint density at radius 3 is 1.42 bits per heavy atom. The first-order chi connectivity index (χ1) is 5.50. The SMILES string of the molecule is CC.O=P(Cl)(Cl)Cl.c1cc[nH]c1. The van der Waals surface area contributed by atoms with Crippen LogP contribution in [0.25, 0.3) is 0 Å². The van der Waals surface area contributed by atoms with E-state index in [2.05, 4.69) is 38.7 Å². The first kappa shape index (κ1) is 14.9. The summed E-state index contributed by atoms with van der Waals surface area (Å²) < 4.78 is 9.51. The molecule has 0 atom stereocenters. The Hall–Kier alpha value is 0.380. The smallest absolute Gasteiger partial charge is 0.339 e. The number of H-pyrrole nitrogens is 1. The molecule has 0 saturated carbocycles. The first-order valence-corrected chi connectivity index (χ1v) is 7.69. The van der Waals surface area contributed by atoms with E-state index in [9.17, 15) is 4.57 Å². The lowest BCUT2D eigenvalue weighted by Crippen LogP contribution is -1.38. The van der Waals surface area contributed by atoms with Crippen molar-refractivity contribution in [1.82, 2.24) is 4.98 Å². The van der Waals surface area contributed by atoms with E-state index in [1.54, 1.807) is 0 Å². The van der Waals surface area contributed by atoms with Crippen LogP contribution in [0.2, 0.25) is 0 Å². The fourth-order valence-corrected chi connectivity index (χ4v) is 0.278. The maximum Gasteiger partial charge on any atom is 0.339 e. The van der Waals surface area contributed by atoms with Gasteiger partial charge in [-0.05, 0) is 45.9 Å². The highest BCUT2D eigenvalue weighted by atomic mass is 36.0. The van der Waals surface area contributed by atoms with Gasteiger partial charge in [-0.25, -0.2) is 0 Å². The number of halogens is 3. The zero-order valence-corrected chi connectivity index (χ0v) is 9.96. The lowest BCUT2D eigenvalue weighted by Gasteiger charge is -1.74. The summed E-state index contributed by atoms with van der Waals surface area (Å²) in [6, 6.07) is 3.89. The van der Waals surface area contributed by atoms with Crippen LogP contribution < -0.4 is 0 Å². The Balaban J connectivity index is 0. The molecule has 2 nitrogen and oxygen atoms in total. The zero-order valence-electron chi connectivity index (χ0n) is 6.80. The number of rotatable bonds is 0. The molecule has 0 radical (unpaired) electrons. The van der Waals surface area contributed by atoms with E-state index in [1.165, 1.54) is 0 Å². The Morgan fingerprint density at radius 2 is 1.33 bits per heavy atom. The molecule has 0 aromatic carbocycles. The van der Waals surface area contributed by atoms with Crippen molar-refractivity contribution >= 4 is 38.9 Å². The molecule has 1 N–H and O–H groups in total. The molecule has 0 bridgehead atoms. The quantitative estimate of drug-likeness (QED) is 0.656. The topological polar surface area (TPSA) is 32.9 Å². The summed E-state index contributed by atoms with van der Waals surface area (Å²) in [4.78, 5) is 2.86. The number of hydrogen-bond donors (Lipinski definition) is 1. The van der Waals surface area contributed by atoms with E-state index < -0.39 is 5.20 Å². The maximum absolute atomic E-state index is 9.51. The lowest BCUT2D eigenvalue weighted by molar-refractivity contribution is 0.600. The fourth-order valence-electron chi connectivity index (χ4n) is 0.278. The Morgan fingerprint density at radius 1 is 1.08 bits per heavy atom. The van der Waals surface area contributed by atoms with Gasteiger partial charge >= 0.3 is 5.20 Å². The predicted octanol–water partition coefficient (Wildman–Crippen LogP) is 4.85. The van der Waals surface area contributed by atoms with Gasteiger partial charge in [-0.3, -0.25) is 4.57 Å². The van der Waals surface area contributed by atoms with Gasteiger partial charge in [0.2, 0.25) is 0 Å². The van der Waals surface area contributed by atoms with Crippen molar-refractivity contribution in [1.29, 1.82) is 0 Å². The molecule has 0 aliphatic carbocycles. The van der Waals surface area contributed by atoms with Gasteiger partial charge in [0.1, 0.15) is 0 Å². The van der Waals surface area contributed by atoms with E-state index >= 15 is 0 Å². The lowest BCUT2D eigenvalue weighted by atomic mass is 10.7. The van der Waals surface area contributed by atoms with Crippen molar-refractivity contribution in [2.75, 3.05) is 0 Å². The van der Waals surface area contributed by atoms with Gasteiger partial charge in [-0.1, -0.05) is 13.8 Å². The van der Waals surface area contributed by atoms with Crippen molar-refractivity contribution in [2.24, 2.45) is 0 Å². The van der Waals surface area contributed by atoms with Crippen LogP contribution in [0.1, 0.15) is 13.8 Å². The molecule has 0 spiro atoms. The minimum absolute atomic E-state index is 1.88. The molecule has 0 amide bonds. The van der Waals surface area contributed by atoms with Crippen LogP contribution in [0, 0.1) is 0 Å². The monoisotopic (exact) mass is 249 g/mol. The fraction of sp³-hybridized carbons (Fsp3) is 0.333. The van der Waals surface area contributed by atoms with Crippen LogP contribution in [-0.2, 0) is 4.57 Å². The standard InChI is InChI=1S/C4H5N.C2H6.Cl3OP/c1-2-4-5-3-1;1-2;1-5(2,3)4/h1-5H;1-2H3;. The third-order valence-corrected chi connectivity index (χ3v) is 0.496. The molecule has 72 valence electrons. The van der Waals surface area contributed by atoms with Gasteiger partial charge in [-0.2, -0.15) is 0 Å². The molecule has 0 fully saturated rings. The molecule has 0 aliphatic heterocycles. The number of nitrogens with one attached hydrogen (secondary N) is 1. The number of hydrogen-bond acceptors (Lipinski definition) is 1. The molecular formula is C6H11Cl3NOP. The van der Waals surface area contributed by atoms with Crippen LogP contribution >= 0.6 is 38.9 Å². The maximum atomic E-state index is 9.51. The Labute approximate surface area is 87.0 Å². The van der Waals surface area contributed by atoms with Crippen LogP contribution in [0.4, 0.5) is 0 Å². The minimum atomic E-state index is -3.22. The summed E-state index contributed by atoms with van der Waals surface area (Å²) in [5.74, 6) is 0. The van der Waals surface area contributed by atoms with Gasteiger partial charge in [0.15, 0.2) is 0 Å². The summed E-state index contributed by atoms with van der Waals surface area (Å²) in [5, 5.41) is -3.22. The van der Waals surface area contributed by atoms with Crippen LogP contribution in [0.3, 0.4) is 0 Å². The normalized spacial score (nSPS) is 8.75. The summed E-state index contributed by atoms with van der Waals surface area (Å²) in [6.07, 6.45) is 3.75. The van der Waals surface area contributed by atoms with E-state index in [0.717, 1.165) is 0 Å². The first-order valence-electron chi connectivity index (χ1n) is 3.27. The van der Waals surface area contributed by atoms with Crippen molar-refractivity contribution in [3.05, 3.63) is 24.5 Å². The second-order valence-corrected chi connectivity index (χ2v) is 7.92. The van der Waals surface area contributed by atoms with Gasteiger partial charge in [-0.15, -0.1) is 0 Å². The van der Waals surface area contributed by atoms with Crippen molar-refractivity contribution in [2.45, 2.75) is 13.8 Å². The zero-order chi connectivity index (χ0) is 10.0. The number of aromatic amines is 1. The highest BCUT2D eigenvalue weighted by Gasteiger charge is 2.02. The minimum Gasteiger partial charge on any atom is -0.368 e. The van der Waals surface area contributed by atoms with Gasteiger partial charge in [0, 0.05) is 12.4 Å². The van der Waals surface area contributed by atoms with Crippen LogP contribution in [-0.4, -0.2) is 4.98 Å². The third kappa shape index (κ3) is 31.6. The summed E-state index contributed by atoms with van der Waals surface area (Å²) in [6.45, 7) is 4.00. The van der Waals surface area contributed by atoms with Gasteiger partial charge in [0.25, 0.3) is 0 Å². The van der Waals surface area contributed by atoms with E-state index in [4.69, 9.17) is 0 Å². The largest absolute Gasteiger partial charge is 0.368 e. The molecule has 1 aromatic heterocycles. The van der Waals surface area contributed by atoms with Crippen LogP contribution in [0.5, 0.6) is 0 Å². The van der Waals surface area contributed by atoms with Crippen molar-refractivity contribution < 1.29 is 4.57 Å². The van der Waals surface area contributed by atoms with E-state index in [-0.39, 0.29) is 0 Å².